The molecule has 5 aromatic rings. The van der Waals surface area contributed by atoms with Crippen molar-refractivity contribution in [3.8, 4) is 0 Å². The Bertz CT molecular complexity index is 1920. The quantitative estimate of drug-likeness (QED) is 0.0370. The highest BCUT2D eigenvalue weighted by molar-refractivity contribution is 9.10. The van der Waals surface area contributed by atoms with Gasteiger partial charge in [-0.1, -0.05) is 185 Å². The summed E-state index contributed by atoms with van der Waals surface area (Å²) in [7, 11) is 0. The maximum absolute atomic E-state index is 14.2. The Balaban J connectivity index is 1.38. The molecule has 1 aromatic heterocycles. The second-order valence-corrected chi connectivity index (χ2v) is 18.9. The maximum Gasteiger partial charge on any atom is 0.194 e. The molecule has 5 heteroatoms. The summed E-state index contributed by atoms with van der Waals surface area (Å²) in [6.07, 6.45) is 27.7. The van der Waals surface area contributed by atoms with Crippen LogP contribution in [0.1, 0.15) is 199 Å². The normalized spacial score (nSPS) is 12.2. The first kappa shape index (κ1) is 47.0. The lowest BCUT2D eigenvalue weighted by molar-refractivity contribution is 0.103. The van der Waals surface area contributed by atoms with Gasteiger partial charge in [-0.2, -0.15) is 0 Å². The Morgan fingerprint density at radius 3 is 1.24 bits per heavy atom. The second-order valence-electron chi connectivity index (χ2n) is 17.2. The van der Waals surface area contributed by atoms with Crippen LogP contribution in [0.3, 0.4) is 0 Å². The third-order valence-electron chi connectivity index (χ3n) is 12.6. The van der Waals surface area contributed by atoms with Crippen molar-refractivity contribution in [1.82, 2.24) is 4.57 Å². The van der Waals surface area contributed by atoms with Crippen molar-refractivity contribution in [2.45, 2.75) is 175 Å². The molecule has 1 atom stereocenters. The molecule has 0 bridgehead atoms. The second kappa shape index (κ2) is 25.0. The van der Waals surface area contributed by atoms with Crippen molar-refractivity contribution in [3.05, 3.63) is 115 Å². The molecule has 0 amide bonds. The van der Waals surface area contributed by atoms with Crippen molar-refractivity contribution in [2.75, 3.05) is 0 Å². The van der Waals surface area contributed by atoms with E-state index < -0.39 is 0 Å². The molecule has 0 aliphatic carbocycles. The standard InChI is InChI=1S/C54H71Br2NO2/c1-5-9-12-14-16-18-20-22-25-41-27-31-43(32-28-41)53(58)47-35-45-46-36-48(54(59)44-33-29-42(30-34-44)26-23-21-19-17-15-13-10-6-2)50(56)38-52(46)57(51(45)37-49(47)55)39-40(8-4)24-11-7-3/h27-38,40H,5-26,39H2,1-4H3. The first-order chi connectivity index (χ1) is 28.8. The molecule has 0 aliphatic heterocycles. The fraction of sp³-hybridized carbons (Fsp3) is 0.519. The van der Waals surface area contributed by atoms with Gasteiger partial charge in [0.1, 0.15) is 0 Å². The number of carbonyl (C=O) groups excluding carboxylic acids is 2. The Morgan fingerprint density at radius 2 is 0.864 bits per heavy atom. The van der Waals surface area contributed by atoms with E-state index >= 15 is 0 Å². The van der Waals surface area contributed by atoms with Gasteiger partial charge in [-0.3, -0.25) is 9.59 Å². The molecule has 0 radical (unpaired) electrons. The van der Waals surface area contributed by atoms with Gasteiger partial charge in [0.15, 0.2) is 11.6 Å². The number of rotatable bonds is 28. The number of hydrogen-bond acceptors (Lipinski definition) is 2. The number of ketones is 2. The summed E-state index contributed by atoms with van der Waals surface area (Å²) >= 11 is 7.68. The molecule has 4 aromatic carbocycles. The number of carbonyl (C=O) groups is 2. The van der Waals surface area contributed by atoms with Crippen LogP contribution in [0, 0.1) is 5.92 Å². The fourth-order valence-corrected chi connectivity index (χ4v) is 9.76. The van der Waals surface area contributed by atoms with Crippen molar-refractivity contribution in [3.63, 3.8) is 0 Å². The minimum Gasteiger partial charge on any atom is -0.340 e. The number of hydrogen-bond donors (Lipinski definition) is 0. The molecular formula is C54H71Br2NO2. The van der Waals surface area contributed by atoms with Crippen LogP contribution in [0.5, 0.6) is 0 Å². The van der Waals surface area contributed by atoms with Gasteiger partial charge in [0.2, 0.25) is 0 Å². The molecule has 0 aliphatic rings. The van der Waals surface area contributed by atoms with E-state index in [0.717, 1.165) is 56.6 Å². The van der Waals surface area contributed by atoms with Gasteiger partial charge in [0, 0.05) is 48.5 Å². The average Bonchev–Trinajstić information content (AvgIpc) is 3.53. The summed E-state index contributed by atoms with van der Waals surface area (Å²) in [5, 5.41) is 2.01. The summed E-state index contributed by atoms with van der Waals surface area (Å²) in [5.41, 5.74) is 7.44. The van der Waals surface area contributed by atoms with Crippen LogP contribution in [0.2, 0.25) is 0 Å². The van der Waals surface area contributed by atoms with Gasteiger partial charge in [-0.15, -0.1) is 0 Å². The molecule has 3 nitrogen and oxygen atoms in total. The van der Waals surface area contributed by atoms with Gasteiger partial charge in [0.05, 0.1) is 11.0 Å². The predicted molar refractivity (Wildman–Crippen MR) is 261 cm³/mol. The minimum atomic E-state index is 0.00756. The van der Waals surface area contributed by atoms with Gasteiger partial charge in [-0.25, -0.2) is 0 Å². The molecule has 59 heavy (non-hydrogen) atoms. The Morgan fingerprint density at radius 1 is 0.492 bits per heavy atom. The largest absolute Gasteiger partial charge is 0.340 e. The van der Waals surface area contributed by atoms with Gasteiger partial charge >= 0.3 is 0 Å². The predicted octanol–water partition coefficient (Wildman–Crippen LogP) is 17.4. The first-order valence-corrected chi connectivity index (χ1v) is 25.1. The number of halogens is 2. The molecule has 5 rings (SSSR count). The summed E-state index contributed by atoms with van der Waals surface area (Å²) in [5.74, 6) is 0.545. The van der Waals surface area contributed by atoms with E-state index in [1.54, 1.807) is 0 Å². The molecule has 0 saturated carbocycles. The topological polar surface area (TPSA) is 39.1 Å². The van der Waals surface area contributed by atoms with Crippen LogP contribution in [0.15, 0.2) is 81.7 Å². The number of nitrogens with zero attached hydrogens (tertiary/aromatic N) is 1. The lowest BCUT2D eigenvalue weighted by atomic mass is 9.97. The molecule has 0 fully saturated rings. The zero-order valence-corrected chi connectivity index (χ0v) is 40.0. The number of aryl methyl sites for hydroxylation is 2. The van der Waals surface area contributed by atoms with Crippen molar-refractivity contribution in [2.24, 2.45) is 5.92 Å². The third-order valence-corrected chi connectivity index (χ3v) is 13.9. The number of unbranched alkanes of at least 4 members (excludes halogenated alkanes) is 15. The van der Waals surface area contributed by atoms with Crippen LogP contribution in [0.4, 0.5) is 0 Å². The number of aromatic nitrogens is 1. The summed E-state index contributed by atoms with van der Waals surface area (Å²) in [6, 6.07) is 24.9. The van der Waals surface area contributed by atoms with Crippen LogP contribution >= 0.6 is 31.9 Å². The van der Waals surface area contributed by atoms with E-state index in [0.29, 0.717) is 28.2 Å². The summed E-state index contributed by atoms with van der Waals surface area (Å²) in [4.78, 5) is 28.4. The number of benzene rings is 4. The molecule has 1 unspecified atom stereocenters. The van der Waals surface area contributed by atoms with Crippen molar-refractivity contribution < 1.29 is 9.59 Å². The molecule has 1 heterocycles. The van der Waals surface area contributed by atoms with E-state index in [4.69, 9.17) is 0 Å². The highest BCUT2D eigenvalue weighted by Gasteiger charge is 2.23. The Labute approximate surface area is 373 Å². The minimum absolute atomic E-state index is 0.00756. The van der Waals surface area contributed by atoms with Gasteiger partial charge in [0.25, 0.3) is 0 Å². The molecular weight excluding hydrogens is 854 g/mol. The van der Waals surface area contributed by atoms with E-state index in [-0.39, 0.29) is 11.6 Å². The molecule has 318 valence electrons. The van der Waals surface area contributed by atoms with E-state index in [9.17, 15) is 9.59 Å². The fourth-order valence-electron chi connectivity index (χ4n) is 8.74. The average molecular weight is 926 g/mol. The smallest absolute Gasteiger partial charge is 0.194 e. The Kier molecular flexibility index (Phi) is 20.0. The Hall–Kier alpha value is -3.02. The highest BCUT2D eigenvalue weighted by atomic mass is 79.9. The monoisotopic (exact) mass is 923 g/mol. The van der Waals surface area contributed by atoms with Gasteiger partial charge < -0.3 is 4.57 Å². The van der Waals surface area contributed by atoms with Crippen LogP contribution < -0.4 is 0 Å². The maximum atomic E-state index is 14.2. The highest BCUT2D eigenvalue weighted by Crippen LogP contribution is 2.38. The van der Waals surface area contributed by atoms with Crippen molar-refractivity contribution >= 4 is 65.2 Å². The van der Waals surface area contributed by atoms with Crippen LogP contribution in [-0.2, 0) is 19.4 Å². The molecule has 0 spiro atoms. The van der Waals surface area contributed by atoms with E-state index in [1.165, 1.54) is 133 Å². The zero-order valence-electron chi connectivity index (χ0n) is 36.8. The van der Waals surface area contributed by atoms with Gasteiger partial charge in [-0.05, 0) is 105 Å². The van der Waals surface area contributed by atoms with Crippen LogP contribution in [0.25, 0.3) is 21.8 Å². The molecule has 0 saturated heterocycles. The zero-order chi connectivity index (χ0) is 42.0. The molecule has 0 N–H and O–H groups in total. The lowest BCUT2D eigenvalue weighted by Crippen LogP contribution is -2.10. The van der Waals surface area contributed by atoms with Crippen molar-refractivity contribution in [1.29, 1.82) is 0 Å². The lowest BCUT2D eigenvalue weighted by Gasteiger charge is -2.18. The third kappa shape index (κ3) is 13.5. The SMILES string of the molecule is CCCCCCCCCCc1ccc(C(=O)c2cc3c4cc(C(=O)c5ccc(CCCCCCCCCC)cc5)c(Br)cc4n(CC(CC)CCCC)c3cc2Br)cc1. The summed E-state index contributed by atoms with van der Waals surface area (Å²) < 4.78 is 4.02. The first-order valence-electron chi connectivity index (χ1n) is 23.5. The van der Waals surface area contributed by atoms with E-state index in [1.807, 2.05) is 24.3 Å². The number of fused-ring (bicyclic) bond motifs is 3. The van der Waals surface area contributed by atoms with E-state index in [2.05, 4.69) is 113 Å². The summed E-state index contributed by atoms with van der Waals surface area (Å²) in [6.45, 7) is 9.97. The van der Waals surface area contributed by atoms with Crippen LogP contribution in [-0.4, -0.2) is 16.1 Å².